The van der Waals surface area contributed by atoms with Gasteiger partial charge in [0.15, 0.2) is 0 Å². The van der Waals surface area contributed by atoms with Crippen molar-refractivity contribution in [3.8, 4) is 5.75 Å². The van der Waals surface area contributed by atoms with Crippen LogP contribution < -0.4 is 10.1 Å². The van der Waals surface area contributed by atoms with Crippen LogP contribution in [0.5, 0.6) is 5.75 Å². The van der Waals surface area contributed by atoms with Gasteiger partial charge < -0.3 is 14.8 Å². The van der Waals surface area contributed by atoms with Gasteiger partial charge in [-0.05, 0) is 30.8 Å². The van der Waals surface area contributed by atoms with Crippen molar-refractivity contribution in [2.24, 2.45) is 0 Å². The Labute approximate surface area is 124 Å². The minimum Gasteiger partial charge on any atom is -0.489 e. The number of methoxy groups -OCH3 is 1. The first kappa shape index (κ1) is 15.1. The average Bonchev–Trinajstić information content (AvgIpc) is 2.54. The molecule has 0 aromatic heterocycles. The van der Waals surface area contributed by atoms with Gasteiger partial charge in [-0.3, -0.25) is 0 Å². The molecule has 0 aliphatic heterocycles. The van der Waals surface area contributed by atoms with Crippen molar-refractivity contribution >= 4 is 5.97 Å². The van der Waals surface area contributed by atoms with E-state index in [1.807, 2.05) is 43.4 Å². The van der Waals surface area contributed by atoms with Gasteiger partial charge in [0.2, 0.25) is 0 Å². The van der Waals surface area contributed by atoms with E-state index in [-0.39, 0.29) is 5.97 Å². The highest BCUT2D eigenvalue weighted by molar-refractivity contribution is 5.89. The molecule has 4 heteroatoms. The minimum absolute atomic E-state index is 0.340. The summed E-state index contributed by atoms with van der Waals surface area (Å²) in [4.78, 5) is 11.5. The fourth-order valence-corrected chi connectivity index (χ4v) is 2.05. The summed E-state index contributed by atoms with van der Waals surface area (Å²) in [5, 5.41) is 3.11. The second-order valence-electron chi connectivity index (χ2n) is 4.62. The van der Waals surface area contributed by atoms with Gasteiger partial charge in [-0.1, -0.05) is 30.3 Å². The summed E-state index contributed by atoms with van der Waals surface area (Å²) < 4.78 is 10.6. The van der Waals surface area contributed by atoms with Gasteiger partial charge in [0.1, 0.15) is 12.4 Å². The smallest absolute Gasteiger partial charge is 0.337 e. The number of carbonyl (C=O) groups excluding carboxylic acids is 1. The molecular formula is C17H19NO3. The molecule has 0 atom stereocenters. The van der Waals surface area contributed by atoms with Gasteiger partial charge >= 0.3 is 5.97 Å². The third-order valence-corrected chi connectivity index (χ3v) is 3.08. The summed E-state index contributed by atoms with van der Waals surface area (Å²) in [5.74, 6) is 0.503. The van der Waals surface area contributed by atoms with E-state index in [1.165, 1.54) is 7.11 Å². The lowest BCUT2D eigenvalue weighted by atomic mass is 10.1. The summed E-state index contributed by atoms with van der Waals surface area (Å²) in [6.45, 7) is 1.16. The molecule has 0 fully saturated rings. The summed E-state index contributed by atoms with van der Waals surface area (Å²) in [6, 6.07) is 15.2. The van der Waals surface area contributed by atoms with Crippen molar-refractivity contribution in [3.63, 3.8) is 0 Å². The van der Waals surface area contributed by atoms with Crippen LogP contribution in [0, 0.1) is 0 Å². The maximum Gasteiger partial charge on any atom is 0.337 e. The summed E-state index contributed by atoms with van der Waals surface area (Å²) >= 11 is 0. The fourth-order valence-electron chi connectivity index (χ4n) is 2.05. The Morgan fingerprint density at radius 1 is 1.14 bits per heavy atom. The quantitative estimate of drug-likeness (QED) is 0.829. The van der Waals surface area contributed by atoms with Crippen LogP contribution in [0.1, 0.15) is 21.5 Å². The highest BCUT2D eigenvalue weighted by Gasteiger charge is 2.07. The first-order valence-electron chi connectivity index (χ1n) is 6.77. The van der Waals surface area contributed by atoms with E-state index in [4.69, 9.17) is 9.47 Å². The highest BCUT2D eigenvalue weighted by atomic mass is 16.5. The van der Waals surface area contributed by atoms with Crippen LogP contribution in [-0.4, -0.2) is 20.1 Å². The van der Waals surface area contributed by atoms with Gasteiger partial charge in [0.25, 0.3) is 0 Å². The summed E-state index contributed by atoms with van der Waals surface area (Å²) in [6.07, 6.45) is 0. The maximum atomic E-state index is 11.5. The lowest BCUT2D eigenvalue weighted by Gasteiger charge is -2.11. The SMILES string of the molecule is CNCc1ccccc1OCc1cccc(C(=O)OC)c1. The number of para-hydroxylation sites is 1. The van der Waals surface area contributed by atoms with Crippen LogP contribution in [-0.2, 0) is 17.9 Å². The molecule has 0 amide bonds. The van der Waals surface area contributed by atoms with Crippen LogP contribution in [0.2, 0.25) is 0 Å². The predicted molar refractivity (Wildman–Crippen MR) is 81.3 cm³/mol. The third-order valence-electron chi connectivity index (χ3n) is 3.08. The molecule has 0 radical (unpaired) electrons. The molecule has 0 saturated carbocycles. The van der Waals surface area contributed by atoms with Gasteiger partial charge in [0, 0.05) is 12.1 Å². The second-order valence-corrected chi connectivity index (χ2v) is 4.62. The van der Waals surface area contributed by atoms with Gasteiger partial charge in [0.05, 0.1) is 12.7 Å². The zero-order valence-corrected chi connectivity index (χ0v) is 12.3. The molecule has 2 aromatic rings. The zero-order valence-electron chi connectivity index (χ0n) is 12.3. The molecule has 2 aromatic carbocycles. The van der Waals surface area contributed by atoms with Crippen molar-refractivity contribution in [1.82, 2.24) is 5.32 Å². The molecule has 0 unspecified atom stereocenters. The minimum atomic E-state index is -0.340. The van der Waals surface area contributed by atoms with E-state index in [2.05, 4.69) is 5.32 Å². The Hall–Kier alpha value is -2.33. The Kier molecular flexibility index (Phi) is 5.35. The van der Waals surface area contributed by atoms with E-state index in [0.29, 0.717) is 12.2 Å². The van der Waals surface area contributed by atoms with E-state index >= 15 is 0 Å². The number of hydrogen-bond acceptors (Lipinski definition) is 4. The molecule has 4 nitrogen and oxygen atoms in total. The van der Waals surface area contributed by atoms with Crippen molar-refractivity contribution in [1.29, 1.82) is 0 Å². The highest BCUT2D eigenvalue weighted by Crippen LogP contribution is 2.19. The predicted octanol–water partition coefficient (Wildman–Crippen LogP) is 2.77. The largest absolute Gasteiger partial charge is 0.489 e. The first-order valence-corrected chi connectivity index (χ1v) is 6.77. The van der Waals surface area contributed by atoms with Crippen LogP contribution >= 0.6 is 0 Å². The Bertz CT molecular complexity index is 610. The molecule has 21 heavy (non-hydrogen) atoms. The summed E-state index contributed by atoms with van der Waals surface area (Å²) in [5.41, 5.74) is 2.56. The first-order chi connectivity index (χ1) is 10.2. The van der Waals surface area contributed by atoms with Gasteiger partial charge in [-0.25, -0.2) is 4.79 Å². The summed E-state index contributed by atoms with van der Waals surface area (Å²) in [7, 11) is 3.27. The molecule has 1 N–H and O–H groups in total. The van der Waals surface area contributed by atoms with E-state index in [9.17, 15) is 4.79 Å². The van der Waals surface area contributed by atoms with Gasteiger partial charge in [-0.15, -0.1) is 0 Å². The molecule has 110 valence electrons. The Morgan fingerprint density at radius 3 is 2.71 bits per heavy atom. The lowest BCUT2D eigenvalue weighted by molar-refractivity contribution is 0.0600. The number of nitrogens with one attached hydrogen (secondary N) is 1. The van der Waals surface area contributed by atoms with E-state index in [0.717, 1.165) is 23.4 Å². The molecule has 0 saturated heterocycles. The number of esters is 1. The molecule has 0 spiro atoms. The topological polar surface area (TPSA) is 47.6 Å². The number of ether oxygens (including phenoxy) is 2. The van der Waals surface area contributed by atoms with Crippen LogP contribution in [0.15, 0.2) is 48.5 Å². The normalized spacial score (nSPS) is 10.2. The van der Waals surface area contributed by atoms with Crippen LogP contribution in [0.4, 0.5) is 0 Å². The van der Waals surface area contributed by atoms with E-state index in [1.54, 1.807) is 12.1 Å². The lowest BCUT2D eigenvalue weighted by Crippen LogP contribution is -2.08. The van der Waals surface area contributed by atoms with Gasteiger partial charge in [-0.2, -0.15) is 0 Å². The maximum absolute atomic E-state index is 11.5. The average molecular weight is 285 g/mol. The van der Waals surface area contributed by atoms with E-state index < -0.39 is 0 Å². The number of hydrogen-bond donors (Lipinski definition) is 1. The number of carbonyl (C=O) groups is 1. The number of benzene rings is 2. The number of rotatable bonds is 6. The van der Waals surface area contributed by atoms with Crippen molar-refractivity contribution in [2.75, 3.05) is 14.2 Å². The molecular weight excluding hydrogens is 266 g/mol. The molecule has 0 aliphatic rings. The molecule has 0 heterocycles. The van der Waals surface area contributed by atoms with Crippen molar-refractivity contribution < 1.29 is 14.3 Å². The van der Waals surface area contributed by atoms with Crippen LogP contribution in [0.3, 0.4) is 0 Å². The fraction of sp³-hybridized carbons (Fsp3) is 0.235. The molecule has 2 rings (SSSR count). The third kappa shape index (κ3) is 4.07. The van der Waals surface area contributed by atoms with Crippen molar-refractivity contribution in [2.45, 2.75) is 13.2 Å². The molecule has 0 aliphatic carbocycles. The Balaban J connectivity index is 2.08. The Morgan fingerprint density at radius 2 is 1.95 bits per heavy atom. The monoisotopic (exact) mass is 285 g/mol. The standard InChI is InChI=1S/C17H19NO3/c1-18-11-15-7-3-4-9-16(15)21-12-13-6-5-8-14(10-13)17(19)20-2/h3-10,18H,11-12H2,1-2H3. The van der Waals surface area contributed by atoms with Crippen molar-refractivity contribution in [3.05, 3.63) is 65.2 Å². The van der Waals surface area contributed by atoms with Crippen LogP contribution in [0.25, 0.3) is 0 Å². The second kappa shape index (κ2) is 7.45. The molecule has 0 bridgehead atoms. The zero-order chi connectivity index (χ0) is 15.1.